The van der Waals surface area contributed by atoms with Gasteiger partial charge in [0.1, 0.15) is 11.5 Å². The first-order valence-corrected chi connectivity index (χ1v) is 8.45. The molecule has 0 saturated heterocycles. The largest absolute Gasteiger partial charge is 0.444 e. The SMILES string of the molecule is CC(C)(CN(Cc1ccccc1)C(=O)CCl)NC(=O)OC(C)(C)C. The zero-order chi connectivity index (χ0) is 18.4. The van der Waals surface area contributed by atoms with Gasteiger partial charge in [0, 0.05) is 13.1 Å². The van der Waals surface area contributed by atoms with Crippen molar-refractivity contribution in [1.29, 1.82) is 0 Å². The molecular weight excluding hydrogens is 328 g/mol. The lowest BCUT2D eigenvalue weighted by Gasteiger charge is -2.34. The predicted octanol–water partition coefficient (Wildman–Crippen LogP) is 3.56. The van der Waals surface area contributed by atoms with Gasteiger partial charge < -0.3 is 15.0 Å². The molecule has 1 aromatic rings. The second kappa shape index (κ2) is 8.38. The topological polar surface area (TPSA) is 58.6 Å². The number of alkyl carbamates (subject to hydrolysis) is 1. The van der Waals surface area contributed by atoms with Crippen LogP contribution in [0.1, 0.15) is 40.2 Å². The molecule has 0 aromatic heterocycles. The van der Waals surface area contributed by atoms with Gasteiger partial charge in [0.15, 0.2) is 0 Å². The average molecular weight is 355 g/mol. The van der Waals surface area contributed by atoms with E-state index in [2.05, 4.69) is 5.32 Å². The fourth-order valence-electron chi connectivity index (χ4n) is 2.22. The van der Waals surface area contributed by atoms with Crippen LogP contribution >= 0.6 is 11.6 Å². The normalized spacial score (nSPS) is 11.8. The second-order valence-electron chi connectivity index (χ2n) is 7.38. The number of hydrogen-bond donors (Lipinski definition) is 1. The Bertz CT molecular complexity index is 553. The summed E-state index contributed by atoms with van der Waals surface area (Å²) in [5.74, 6) is -0.283. The van der Waals surface area contributed by atoms with E-state index >= 15 is 0 Å². The first kappa shape index (κ1) is 20.3. The molecule has 0 fully saturated rings. The maximum Gasteiger partial charge on any atom is 0.408 e. The third-order valence-corrected chi connectivity index (χ3v) is 3.34. The van der Waals surface area contributed by atoms with Gasteiger partial charge in [0.25, 0.3) is 0 Å². The Labute approximate surface area is 149 Å². The molecule has 5 nitrogen and oxygen atoms in total. The van der Waals surface area contributed by atoms with Gasteiger partial charge in [-0.05, 0) is 40.2 Å². The second-order valence-corrected chi connectivity index (χ2v) is 7.65. The van der Waals surface area contributed by atoms with Crippen LogP contribution in [0.4, 0.5) is 4.79 Å². The quantitative estimate of drug-likeness (QED) is 0.794. The summed E-state index contributed by atoms with van der Waals surface area (Å²) in [5.41, 5.74) is -0.224. The van der Waals surface area contributed by atoms with Crippen LogP contribution < -0.4 is 5.32 Å². The minimum Gasteiger partial charge on any atom is -0.444 e. The fraction of sp³-hybridized carbons (Fsp3) is 0.556. The Morgan fingerprint density at radius 3 is 2.21 bits per heavy atom. The monoisotopic (exact) mass is 354 g/mol. The zero-order valence-electron chi connectivity index (χ0n) is 15.1. The van der Waals surface area contributed by atoms with E-state index in [4.69, 9.17) is 16.3 Å². The first-order valence-electron chi connectivity index (χ1n) is 7.91. The highest BCUT2D eigenvalue weighted by molar-refractivity contribution is 6.27. The minimum absolute atomic E-state index is 0.102. The standard InChI is InChI=1S/C18H27ClN2O3/c1-17(2,3)24-16(23)20-18(4,5)13-21(15(22)11-19)12-14-9-7-6-8-10-14/h6-10H,11-13H2,1-5H3,(H,20,23). The highest BCUT2D eigenvalue weighted by Crippen LogP contribution is 2.13. The van der Waals surface area contributed by atoms with E-state index in [0.717, 1.165) is 5.56 Å². The number of halogens is 1. The van der Waals surface area contributed by atoms with E-state index in [1.165, 1.54) is 0 Å². The van der Waals surface area contributed by atoms with Crippen molar-refractivity contribution in [3.05, 3.63) is 35.9 Å². The lowest BCUT2D eigenvalue weighted by molar-refractivity contribution is -0.130. The molecule has 0 aliphatic rings. The summed E-state index contributed by atoms with van der Waals surface area (Å²) in [6.45, 7) is 9.86. The van der Waals surface area contributed by atoms with Gasteiger partial charge in [-0.1, -0.05) is 30.3 Å². The average Bonchev–Trinajstić information content (AvgIpc) is 2.43. The molecule has 0 spiro atoms. The van der Waals surface area contributed by atoms with Gasteiger partial charge in [-0.3, -0.25) is 4.79 Å². The summed E-state index contributed by atoms with van der Waals surface area (Å²) in [7, 11) is 0. The molecule has 1 N–H and O–H groups in total. The Hall–Kier alpha value is -1.75. The Morgan fingerprint density at radius 1 is 1.12 bits per heavy atom. The predicted molar refractivity (Wildman–Crippen MR) is 96.0 cm³/mol. The molecule has 0 aliphatic heterocycles. The summed E-state index contributed by atoms with van der Waals surface area (Å²) < 4.78 is 5.28. The van der Waals surface area contributed by atoms with Gasteiger partial charge in [-0.15, -0.1) is 11.6 Å². The number of benzene rings is 1. The van der Waals surface area contributed by atoms with Crippen molar-refractivity contribution in [2.24, 2.45) is 0 Å². The highest BCUT2D eigenvalue weighted by Gasteiger charge is 2.28. The minimum atomic E-state index is -0.654. The van der Waals surface area contributed by atoms with Crippen LogP contribution in [0, 0.1) is 0 Å². The van der Waals surface area contributed by atoms with E-state index in [0.29, 0.717) is 13.1 Å². The number of rotatable bonds is 6. The number of ether oxygens (including phenoxy) is 1. The summed E-state index contributed by atoms with van der Waals surface area (Å²) in [6.07, 6.45) is -0.509. The number of nitrogens with one attached hydrogen (secondary N) is 1. The molecule has 24 heavy (non-hydrogen) atoms. The lowest BCUT2D eigenvalue weighted by atomic mass is 10.0. The summed E-state index contributed by atoms with van der Waals surface area (Å²) in [5, 5.41) is 2.81. The molecule has 0 bridgehead atoms. The molecule has 1 rings (SSSR count). The smallest absolute Gasteiger partial charge is 0.408 e. The zero-order valence-corrected chi connectivity index (χ0v) is 15.8. The maximum atomic E-state index is 12.2. The summed E-state index contributed by atoms with van der Waals surface area (Å²) in [4.78, 5) is 25.8. The summed E-state index contributed by atoms with van der Waals surface area (Å²) in [6, 6.07) is 9.66. The number of hydrogen-bond acceptors (Lipinski definition) is 3. The molecule has 0 aliphatic carbocycles. The number of carbonyl (C=O) groups is 2. The van der Waals surface area contributed by atoms with Crippen LogP contribution in [-0.4, -0.2) is 40.5 Å². The third kappa shape index (κ3) is 7.68. The lowest BCUT2D eigenvalue weighted by Crippen LogP contribution is -2.53. The van der Waals surface area contributed by atoms with E-state index < -0.39 is 17.2 Å². The number of nitrogens with zero attached hydrogens (tertiary/aromatic N) is 1. The van der Waals surface area contributed by atoms with E-state index in [1.54, 1.807) is 25.7 Å². The van der Waals surface area contributed by atoms with Crippen LogP contribution in [0.5, 0.6) is 0 Å². The van der Waals surface area contributed by atoms with Crippen molar-refractivity contribution >= 4 is 23.6 Å². The van der Waals surface area contributed by atoms with E-state index in [-0.39, 0.29) is 11.8 Å². The van der Waals surface area contributed by atoms with Crippen molar-refractivity contribution in [2.45, 2.75) is 52.3 Å². The van der Waals surface area contributed by atoms with Crippen LogP contribution in [0.15, 0.2) is 30.3 Å². The van der Waals surface area contributed by atoms with Crippen molar-refractivity contribution < 1.29 is 14.3 Å². The molecule has 6 heteroatoms. The van der Waals surface area contributed by atoms with Crippen LogP contribution in [-0.2, 0) is 16.1 Å². The molecule has 0 radical (unpaired) electrons. The van der Waals surface area contributed by atoms with Crippen molar-refractivity contribution in [3.63, 3.8) is 0 Å². The number of carbonyl (C=O) groups excluding carboxylic acids is 2. The van der Waals surface area contributed by atoms with Gasteiger partial charge in [-0.2, -0.15) is 0 Å². The molecule has 2 amide bonds. The van der Waals surface area contributed by atoms with E-state index in [1.807, 2.05) is 44.2 Å². The van der Waals surface area contributed by atoms with Gasteiger partial charge >= 0.3 is 6.09 Å². The number of amides is 2. The Kier molecular flexibility index (Phi) is 7.08. The third-order valence-electron chi connectivity index (χ3n) is 3.11. The Balaban J connectivity index is 2.77. The van der Waals surface area contributed by atoms with Gasteiger partial charge in [0.2, 0.25) is 5.91 Å². The van der Waals surface area contributed by atoms with Gasteiger partial charge in [0.05, 0.1) is 5.54 Å². The molecule has 0 unspecified atom stereocenters. The van der Waals surface area contributed by atoms with Crippen LogP contribution in [0.25, 0.3) is 0 Å². The Morgan fingerprint density at radius 2 is 1.71 bits per heavy atom. The van der Waals surface area contributed by atoms with E-state index in [9.17, 15) is 9.59 Å². The molecule has 0 atom stereocenters. The van der Waals surface area contributed by atoms with Crippen molar-refractivity contribution in [3.8, 4) is 0 Å². The molecule has 134 valence electrons. The fourth-order valence-corrected chi connectivity index (χ4v) is 2.39. The van der Waals surface area contributed by atoms with Crippen LogP contribution in [0.2, 0.25) is 0 Å². The first-order chi connectivity index (χ1) is 11.0. The highest BCUT2D eigenvalue weighted by atomic mass is 35.5. The van der Waals surface area contributed by atoms with Gasteiger partial charge in [-0.25, -0.2) is 4.79 Å². The number of alkyl halides is 1. The summed E-state index contributed by atoms with van der Waals surface area (Å²) >= 11 is 5.73. The molecule has 0 heterocycles. The maximum absolute atomic E-state index is 12.2. The molecule has 1 aromatic carbocycles. The van der Waals surface area contributed by atoms with Crippen LogP contribution in [0.3, 0.4) is 0 Å². The molecule has 0 saturated carbocycles. The molecular formula is C18H27ClN2O3. The van der Waals surface area contributed by atoms with Crippen molar-refractivity contribution in [2.75, 3.05) is 12.4 Å². The van der Waals surface area contributed by atoms with Crippen molar-refractivity contribution in [1.82, 2.24) is 10.2 Å².